The van der Waals surface area contributed by atoms with Crippen molar-refractivity contribution < 1.29 is 22.8 Å². The quantitative estimate of drug-likeness (QED) is 0.243. The van der Waals surface area contributed by atoms with Crippen LogP contribution in [0.15, 0.2) is 101 Å². The third kappa shape index (κ3) is 5.27. The van der Waals surface area contributed by atoms with Gasteiger partial charge in [0.15, 0.2) is 11.8 Å². The van der Waals surface area contributed by atoms with Crippen LogP contribution in [0.5, 0.6) is 0 Å². The molecule has 0 saturated heterocycles. The Balaban J connectivity index is 1.56. The number of allylic oxidation sites excluding steroid dienone is 3. The van der Waals surface area contributed by atoms with Crippen LogP contribution in [0, 0.1) is 5.92 Å². The van der Waals surface area contributed by atoms with Gasteiger partial charge in [-0.25, -0.2) is 4.79 Å². The predicted octanol–water partition coefficient (Wildman–Crippen LogP) is 6.27. The Morgan fingerprint density at radius 2 is 1.64 bits per heavy atom. The summed E-state index contributed by atoms with van der Waals surface area (Å²) in [6, 6.07) is 24.9. The third-order valence-electron chi connectivity index (χ3n) is 7.98. The van der Waals surface area contributed by atoms with E-state index in [0.29, 0.717) is 28.0 Å². The van der Waals surface area contributed by atoms with Crippen molar-refractivity contribution in [3.05, 3.63) is 113 Å². The lowest BCUT2D eigenvalue weighted by Crippen LogP contribution is -2.44. The number of rotatable bonds is 7. The molecule has 0 spiro atoms. The van der Waals surface area contributed by atoms with E-state index in [2.05, 4.69) is 15.8 Å². The molecule has 10 heteroatoms. The molecule has 2 atom stereocenters. The van der Waals surface area contributed by atoms with Crippen molar-refractivity contribution in [2.75, 3.05) is 13.1 Å². The molecular formula is C34H27F3N4O2S. The number of amides is 1. The minimum absolute atomic E-state index is 0.00223. The molecule has 222 valence electrons. The number of fused-ring (bicyclic) bond motifs is 3. The molecule has 1 aliphatic heterocycles. The number of alkyl halides is 3. The van der Waals surface area contributed by atoms with Crippen LogP contribution in [0.4, 0.5) is 13.2 Å². The van der Waals surface area contributed by atoms with E-state index in [4.69, 9.17) is 12.2 Å². The van der Waals surface area contributed by atoms with Crippen molar-refractivity contribution in [2.24, 2.45) is 11.0 Å². The summed E-state index contributed by atoms with van der Waals surface area (Å²) in [6.07, 6.45) is -2.23. The van der Waals surface area contributed by atoms with Gasteiger partial charge in [-0.1, -0.05) is 98.0 Å². The summed E-state index contributed by atoms with van der Waals surface area (Å²) < 4.78 is 40.9. The van der Waals surface area contributed by atoms with Crippen LogP contribution in [0.2, 0.25) is 0 Å². The molecule has 6 nitrogen and oxygen atoms in total. The number of hydrazone groups is 1. The van der Waals surface area contributed by atoms with Gasteiger partial charge in [-0.05, 0) is 51.5 Å². The molecular weight excluding hydrogens is 585 g/mol. The molecule has 2 unspecified atom stereocenters. The highest BCUT2D eigenvalue weighted by molar-refractivity contribution is 7.81. The predicted molar refractivity (Wildman–Crippen MR) is 168 cm³/mol. The lowest BCUT2D eigenvalue weighted by Gasteiger charge is -2.32. The van der Waals surface area contributed by atoms with Crippen molar-refractivity contribution in [1.82, 2.24) is 15.6 Å². The Labute approximate surface area is 257 Å². The number of nitrogens with zero attached hydrogens (tertiary/aromatic N) is 2. The van der Waals surface area contributed by atoms with Gasteiger partial charge in [0.25, 0.3) is 0 Å². The van der Waals surface area contributed by atoms with Gasteiger partial charge in [0.2, 0.25) is 11.7 Å². The fourth-order valence-corrected chi connectivity index (χ4v) is 6.73. The molecule has 3 aromatic carbocycles. The minimum atomic E-state index is -4.56. The van der Waals surface area contributed by atoms with Gasteiger partial charge in [0, 0.05) is 22.9 Å². The van der Waals surface area contributed by atoms with Gasteiger partial charge in [0.1, 0.15) is 6.54 Å². The number of hydrogen-bond donors (Lipinski definition) is 2. The zero-order valence-corrected chi connectivity index (χ0v) is 24.4. The zero-order valence-electron chi connectivity index (χ0n) is 23.6. The van der Waals surface area contributed by atoms with Crippen LogP contribution in [-0.2, 0) is 9.59 Å². The summed E-state index contributed by atoms with van der Waals surface area (Å²) in [5, 5.41) is 7.26. The molecule has 44 heavy (non-hydrogen) atoms. The van der Waals surface area contributed by atoms with Crippen LogP contribution >= 0.6 is 12.2 Å². The average molecular weight is 613 g/mol. The van der Waals surface area contributed by atoms with Crippen LogP contribution in [-0.4, -0.2) is 46.7 Å². The molecule has 0 saturated carbocycles. The Morgan fingerprint density at radius 1 is 0.977 bits per heavy atom. The van der Waals surface area contributed by atoms with Gasteiger partial charge < -0.3 is 10.2 Å². The van der Waals surface area contributed by atoms with Crippen molar-refractivity contribution >= 4 is 45.9 Å². The fraction of sp³-hybridized carbons (Fsp3) is 0.206. The lowest BCUT2D eigenvalue weighted by molar-refractivity contribution is -0.162. The van der Waals surface area contributed by atoms with E-state index < -0.39 is 30.5 Å². The van der Waals surface area contributed by atoms with Crippen LogP contribution in [0.25, 0.3) is 22.3 Å². The van der Waals surface area contributed by atoms with E-state index >= 15 is 0 Å². The first-order valence-electron chi connectivity index (χ1n) is 14.2. The largest absolute Gasteiger partial charge is 0.406 e. The van der Waals surface area contributed by atoms with E-state index in [1.54, 1.807) is 25.0 Å². The molecule has 3 aliphatic rings. The summed E-state index contributed by atoms with van der Waals surface area (Å²) in [4.78, 5) is 26.8. The monoisotopic (exact) mass is 612 g/mol. The lowest BCUT2D eigenvalue weighted by atomic mass is 9.76. The summed E-state index contributed by atoms with van der Waals surface area (Å²) in [5.41, 5.74) is 8.70. The molecule has 1 heterocycles. The molecule has 3 aromatic rings. The normalized spacial score (nSPS) is 18.9. The number of nitrogens with one attached hydrogen (secondary N) is 2. The number of hydrogen-bond acceptors (Lipinski definition) is 6. The SMILES string of the molecule is CCCN(CC(F)(F)F)C(=O)C1c2ccccc2C2=CC(c3ccccc3-c3ccccc3)=C(C3=NNC(=C=O)N3)C(=S)C21. The van der Waals surface area contributed by atoms with Gasteiger partial charge >= 0.3 is 6.18 Å². The maximum absolute atomic E-state index is 14.1. The topological polar surface area (TPSA) is 73.8 Å². The highest BCUT2D eigenvalue weighted by Crippen LogP contribution is 2.53. The molecule has 6 rings (SSSR count). The average Bonchev–Trinajstić information content (AvgIpc) is 3.63. The number of thiocarbonyl (C=S) groups is 1. The van der Waals surface area contributed by atoms with E-state index in [-0.39, 0.29) is 18.2 Å². The number of carbonyl (C=O) groups excluding carboxylic acids is 2. The van der Waals surface area contributed by atoms with Crippen molar-refractivity contribution in [2.45, 2.75) is 25.4 Å². The minimum Gasteiger partial charge on any atom is -0.333 e. The second-order valence-corrected chi connectivity index (χ2v) is 11.2. The number of halogens is 3. The fourth-order valence-electron chi connectivity index (χ4n) is 6.26. The van der Waals surface area contributed by atoms with E-state index in [1.807, 2.05) is 72.8 Å². The first-order valence-corrected chi connectivity index (χ1v) is 14.6. The Hall–Kier alpha value is -4.79. The summed E-state index contributed by atoms with van der Waals surface area (Å²) in [7, 11) is 0. The molecule has 2 aliphatic carbocycles. The zero-order chi connectivity index (χ0) is 31.0. The van der Waals surface area contributed by atoms with Gasteiger partial charge in [-0.3, -0.25) is 10.2 Å². The van der Waals surface area contributed by atoms with Crippen LogP contribution in [0.3, 0.4) is 0 Å². The van der Waals surface area contributed by atoms with Crippen LogP contribution in [0.1, 0.15) is 36.0 Å². The molecule has 1 amide bonds. The van der Waals surface area contributed by atoms with E-state index in [0.717, 1.165) is 32.7 Å². The second kappa shape index (κ2) is 11.7. The summed E-state index contributed by atoms with van der Waals surface area (Å²) >= 11 is 6.17. The smallest absolute Gasteiger partial charge is 0.333 e. The molecule has 2 N–H and O–H groups in total. The molecule has 0 bridgehead atoms. The first kappa shape index (κ1) is 29.3. The maximum Gasteiger partial charge on any atom is 0.406 e. The molecule has 0 aromatic heterocycles. The number of carbonyl (C=O) groups is 1. The van der Waals surface area contributed by atoms with Gasteiger partial charge in [-0.2, -0.15) is 18.3 Å². The Morgan fingerprint density at radius 3 is 2.30 bits per heavy atom. The summed E-state index contributed by atoms with van der Waals surface area (Å²) in [5.74, 6) is -0.288. The molecule has 0 radical (unpaired) electrons. The van der Waals surface area contributed by atoms with E-state index in [1.165, 1.54) is 0 Å². The standard InChI is InChI=1S/C34H27F3N4O2S/c1-2-16-41(19-34(35,36)37)33(43)29-24-15-9-8-14-23(24)25-17-26(22-13-7-6-12-21(22)20-10-4-3-5-11-20)30(31(44)28(25)29)32-38-27(18-42)39-40-32/h3-15,17,28-29,39H,2,16,19H2,1H3,(H,38,40). The van der Waals surface area contributed by atoms with E-state index in [9.17, 15) is 22.8 Å². The Bertz CT molecular complexity index is 1810. The summed E-state index contributed by atoms with van der Waals surface area (Å²) in [6.45, 7) is 0.350. The Kier molecular flexibility index (Phi) is 7.80. The highest BCUT2D eigenvalue weighted by Gasteiger charge is 2.49. The third-order valence-corrected chi connectivity index (χ3v) is 8.44. The molecule has 0 fully saturated rings. The van der Waals surface area contributed by atoms with Gasteiger partial charge in [0.05, 0.1) is 5.92 Å². The van der Waals surface area contributed by atoms with Crippen molar-refractivity contribution in [3.8, 4) is 11.1 Å². The first-order chi connectivity index (χ1) is 21.2. The number of amidine groups is 1. The number of benzene rings is 3. The van der Waals surface area contributed by atoms with Gasteiger partial charge in [-0.15, -0.1) is 0 Å². The van der Waals surface area contributed by atoms with Crippen molar-refractivity contribution in [1.29, 1.82) is 0 Å². The van der Waals surface area contributed by atoms with Crippen molar-refractivity contribution in [3.63, 3.8) is 0 Å². The second-order valence-electron chi connectivity index (χ2n) is 10.8. The maximum atomic E-state index is 14.1. The highest BCUT2D eigenvalue weighted by atomic mass is 32.1. The van der Waals surface area contributed by atoms with Crippen LogP contribution < -0.4 is 10.7 Å².